The minimum Gasteiger partial charge on any atom is -0.393 e. The second-order valence-corrected chi connectivity index (χ2v) is 7.75. The summed E-state index contributed by atoms with van der Waals surface area (Å²) in [6.45, 7) is 0.663. The average Bonchev–Trinajstić information content (AvgIpc) is 3.04. The van der Waals surface area contributed by atoms with E-state index in [1.807, 2.05) is 24.4 Å². The van der Waals surface area contributed by atoms with E-state index in [1.165, 1.54) is 6.42 Å². The molecule has 1 saturated carbocycles. The third-order valence-corrected chi connectivity index (χ3v) is 5.58. The molecule has 0 spiro atoms. The van der Waals surface area contributed by atoms with E-state index in [0.717, 1.165) is 52.9 Å². The minimum absolute atomic E-state index is 0.220. The molecule has 1 aliphatic carbocycles. The molecule has 0 bridgehead atoms. The topological polar surface area (TPSA) is 75.3 Å². The van der Waals surface area contributed by atoms with Crippen molar-refractivity contribution in [1.82, 2.24) is 19.6 Å². The van der Waals surface area contributed by atoms with Gasteiger partial charge in [0.15, 0.2) is 5.65 Å². The van der Waals surface area contributed by atoms with Crippen LogP contribution in [0.1, 0.15) is 36.9 Å². The number of fused-ring (bicyclic) bond motifs is 1. The maximum Gasteiger partial charge on any atom is 0.171 e. The molecule has 0 aliphatic heterocycles. The molecule has 0 aromatic carbocycles. The number of nitrogens with zero attached hydrogens (tertiary/aromatic N) is 4. The van der Waals surface area contributed by atoms with Crippen molar-refractivity contribution < 1.29 is 5.11 Å². The minimum atomic E-state index is -0.220. The van der Waals surface area contributed by atoms with Gasteiger partial charge in [0.25, 0.3) is 0 Å². The predicted octanol–water partition coefficient (Wildman–Crippen LogP) is 3.59. The van der Waals surface area contributed by atoms with Crippen LogP contribution in [0.3, 0.4) is 0 Å². The summed E-state index contributed by atoms with van der Waals surface area (Å²) >= 11 is 3.54. The summed E-state index contributed by atoms with van der Waals surface area (Å²) in [6.07, 6.45) is 10.2. The molecule has 0 radical (unpaired) electrons. The number of aliphatic hydroxyl groups is 1. The van der Waals surface area contributed by atoms with Crippen LogP contribution in [0, 0.1) is 5.92 Å². The molecule has 1 aliphatic rings. The molecule has 3 heterocycles. The van der Waals surface area contributed by atoms with E-state index < -0.39 is 0 Å². The first-order valence-electron chi connectivity index (χ1n) is 9.04. The van der Waals surface area contributed by atoms with Crippen LogP contribution >= 0.6 is 15.9 Å². The van der Waals surface area contributed by atoms with Gasteiger partial charge in [-0.3, -0.25) is 4.98 Å². The van der Waals surface area contributed by atoms with Gasteiger partial charge in [-0.2, -0.15) is 9.61 Å². The summed E-state index contributed by atoms with van der Waals surface area (Å²) in [5, 5.41) is 18.2. The van der Waals surface area contributed by atoms with Crippen LogP contribution in [0.25, 0.3) is 5.65 Å². The number of hydrogen-bond acceptors (Lipinski definition) is 5. The molecule has 2 atom stereocenters. The average molecular weight is 416 g/mol. The summed E-state index contributed by atoms with van der Waals surface area (Å²) in [5.74, 6) is 1.18. The second kappa shape index (κ2) is 7.72. The number of hydrogen-bond donors (Lipinski definition) is 2. The lowest BCUT2D eigenvalue weighted by molar-refractivity contribution is 0.0695. The largest absolute Gasteiger partial charge is 0.393 e. The lowest BCUT2D eigenvalue weighted by Gasteiger charge is -2.27. The van der Waals surface area contributed by atoms with Gasteiger partial charge in [0, 0.05) is 30.7 Å². The number of nitrogens with one attached hydrogen (secondary N) is 1. The van der Waals surface area contributed by atoms with Gasteiger partial charge in [0.1, 0.15) is 5.82 Å². The number of pyridine rings is 1. The molecule has 0 amide bonds. The Balaban J connectivity index is 1.60. The van der Waals surface area contributed by atoms with Crippen molar-refractivity contribution in [3.8, 4) is 0 Å². The molecule has 136 valence electrons. The van der Waals surface area contributed by atoms with E-state index in [0.29, 0.717) is 6.54 Å². The quantitative estimate of drug-likeness (QED) is 0.665. The number of aromatic nitrogens is 4. The zero-order valence-corrected chi connectivity index (χ0v) is 16.1. The first-order chi connectivity index (χ1) is 12.7. The maximum atomic E-state index is 10.3. The summed E-state index contributed by atoms with van der Waals surface area (Å²) in [7, 11) is 0. The van der Waals surface area contributed by atoms with E-state index in [2.05, 4.69) is 31.3 Å². The summed E-state index contributed by atoms with van der Waals surface area (Å²) in [6, 6.07) is 6.01. The van der Waals surface area contributed by atoms with Crippen LogP contribution in [-0.4, -0.2) is 30.8 Å². The highest BCUT2D eigenvalue weighted by Crippen LogP contribution is 2.29. The summed E-state index contributed by atoms with van der Waals surface area (Å²) < 4.78 is 2.68. The van der Waals surface area contributed by atoms with Gasteiger partial charge in [-0.25, -0.2) is 4.98 Å². The Labute approximate surface area is 160 Å². The molecular weight excluding hydrogens is 394 g/mol. The van der Waals surface area contributed by atoms with Crippen molar-refractivity contribution in [2.45, 2.75) is 44.8 Å². The van der Waals surface area contributed by atoms with Crippen molar-refractivity contribution in [3.05, 3.63) is 52.5 Å². The number of anilines is 1. The monoisotopic (exact) mass is 415 g/mol. The van der Waals surface area contributed by atoms with Crippen LogP contribution in [0.15, 0.2) is 41.3 Å². The number of aliphatic hydroxyl groups excluding tert-OH is 1. The standard InChI is InChI=1S/C19H22BrN5O/c20-16-12-23-25-18(22-11-13-4-3-7-21-10-13)9-15(24-19(16)25)8-14-5-1-2-6-17(14)26/h3-4,7,9-10,12,14,17,22,26H,1-2,5-6,8,11H2/t14-,17+/m0/s1. The van der Waals surface area contributed by atoms with E-state index in [1.54, 1.807) is 16.9 Å². The van der Waals surface area contributed by atoms with Crippen molar-refractivity contribution in [2.24, 2.45) is 5.92 Å². The van der Waals surface area contributed by atoms with Crippen LogP contribution in [0.2, 0.25) is 0 Å². The van der Waals surface area contributed by atoms with E-state index >= 15 is 0 Å². The van der Waals surface area contributed by atoms with Crippen LogP contribution < -0.4 is 5.32 Å². The first kappa shape index (κ1) is 17.4. The number of rotatable bonds is 5. The second-order valence-electron chi connectivity index (χ2n) is 6.89. The summed E-state index contributed by atoms with van der Waals surface area (Å²) in [4.78, 5) is 8.93. The van der Waals surface area contributed by atoms with Crippen LogP contribution in [-0.2, 0) is 13.0 Å². The van der Waals surface area contributed by atoms with Crippen molar-refractivity contribution in [2.75, 3.05) is 5.32 Å². The highest BCUT2D eigenvalue weighted by Gasteiger charge is 2.24. The normalized spacial score (nSPS) is 20.4. The Bertz CT molecular complexity index is 882. The van der Waals surface area contributed by atoms with Gasteiger partial charge in [-0.05, 0) is 52.7 Å². The molecule has 1 fully saturated rings. The van der Waals surface area contributed by atoms with Crippen molar-refractivity contribution in [1.29, 1.82) is 0 Å². The Morgan fingerprint density at radius 1 is 1.27 bits per heavy atom. The SMILES string of the molecule is O[C@@H]1CCCC[C@H]1Cc1cc(NCc2cccnc2)n2ncc(Br)c2n1. The Morgan fingerprint density at radius 2 is 2.15 bits per heavy atom. The van der Waals surface area contributed by atoms with Gasteiger partial charge in [-0.15, -0.1) is 0 Å². The lowest BCUT2D eigenvalue weighted by atomic mass is 9.83. The highest BCUT2D eigenvalue weighted by atomic mass is 79.9. The maximum absolute atomic E-state index is 10.3. The van der Waals surface area contributed by atoms with E-state index in [-0.39, 0.29) is 12.0 Å². The fourth-order valence-corrected chi connectivity index (χ4v) is 3.96. The zero-order chi connectivity index (χ0) is 17.9. The van der Waals surface area contributed by atoms with Gasteiger partial charge in [0.05, 0.1) is 16.8 Å². The van der Waals surface area contributed by atoms with Gasteiger partial charge < -0.3 is 10.4 Å². The molecule has 0 unspecified atom stereocenters. The fourth-order valence-electron chi connectivity index (χ4n) is 3.61. The lowest BCUT2D eigenvalue weighted by Crippen LogP contribution is -2.26. The molecule has 3 aromatic heterocycles. The third kappa shape index (κ3) is 3.73. The third-order valence-electron chi connectivity index (χ3n) is 5.02. The highest BCUT2D eigenvalue weighted by molar-refractivity contribution is 9.10. The molecule has 2 N–H and O–H groups in total. The first-order valence-corrected chi connectivity index (χ1v) is 9.84. The molecule has 7 heteroatoms. The Kier molecular flexibility index (Phi) is 5.17. The molecule has 0 saturated heterocycles. The van der Waals surface area contributed by atoms with Crippen molar-refractivity contribution >= 4 is 27.4 Å². The van der Waals surface area contributed by atoms with Crippen molar-refractivity contribution in [3.63, 3.8) is 0 Å². The van der Waals surface area contributed by atoms with Crippen LogP contribution in [0.4, 0.5) is 5.82 Å². The van der Waals surface area contributed by atoms with Crippen LogP contribution in [0.5, 0.6) is 0 Å². The molecule has 26 heavy (non-hydrogen) atoms. The van der Waals surface area contributed by atoms with Gasteiger partial charge in [0.2, 0.25) is 0 Å². The molecular formula is C19H22BrN5O. The number of halogens is 1. The predicted molar refractivity (Wildman–Crippen MR) is 104 cm³/mol. The van der Waals surface area contributed by atoms with E-state index in [4.69, 9.17) is 4.98 Å². The fraction of sp³-hybridized carbons (Fsp3) is 0.421. The zero-order valence-electron chi connectivity index (χ0n) is 14.5. The Morgan fingerprint density at radius 3 is 2.96 bits per heavy atom. The molecule has 6 nitrogen and oxygen atoms in total. The summed E-state index contributed by atoms with van der Waals surface area (Å²) in [5.41, 5.74) is 2.88. The Hall–Kier alpha value is -1.99. The van der Waals surface area contributed by atoms with Gasteiger partial charge >= 0.3 is 0 Å². The van der Waals surface area contributed by atoms with Gasteiger partial charge in [-0.1, -0.05) is 18.9 Å². The molecule has 3 aromatic rings. The molecule has 4 rings (SSSR count). The van der Waals surface area contributed by atoms with E-state index in [9.17, 15) is 5.11 Å². The smallest absolute Gasteiger partial charge is 0.171 e.